The molecule has 0 spiro atoms. The predicted molar refractivity (Wildman–Crippen MR) is 92.5 cm³/mol. The van der Waals surface area contributed by atoms with E-state index in [4.69, 9.17) is 0 Å². The quantitative estimate of drug-likeness (QED) is 0.732. The Morgan fingerprint density at radius 3 is 2.80 bits per heavy atom. The number of benzene rings is 1. The van der Waals surface area contributed by atoms with E-state index in [1.165, 1.54) is 6.07 Å². The lowest BCUT2D eigenvalue weighted by molar-refractivity contribution is 0.0671. The van der Waals surface area contributed by atoms with E-state index in [0.29, 0.717) is 16.6 Å². The second-order valence-corrected chi connectivity index (χ2v) is 6.56. The SMILES string of the molecule is C[C@H](c1ccccc1F)N(C(=O)c1cnc2c(c1)ncn2C)C1CC1. The predicted octanol–water partition coefficient (Wildman–Crippen LogP) is 3.47. The van der Waals surface area contributed by atoms with Crippen molar-refractivity contribution in [3.63, 3.8) is 0 Å². The van der Waals surface area contributed by atoms with Gasteiger partial charge in [-0.05, 0) is 31.9 Å². The number of hydrogen-bond donors (Lipinski definition) is 0. The molecule has 0 unspecified atom stereocenters. The lowest BCUT2D eigenvalue weighted by Crippen LogP contribution is -2.36. The van der Waals surface area contributed by atoms with Crippen molar-refractivity contribution < 1.29 is 9.18 Å². The van der Waals surface area contributed by atoms with Gasteiger partial charge in [-0.15, -0.1) is 0 Å². The Labute approximate surface area is 145 Å². The molecule has 0 N–H and O–H groups in total. The number of nitrogens with zero attached hydrogens (tertiary/aromatic N) is 4. The molecule has 1 aliphatic rings. The van der Waals surface area contributed by atoms with Gasteiger partial charge < -0.3 is 9.47 Å². The fraction of sp³-hybridized carbons (Fsp3) is 0.316. The number of aromatic nitrogens is 3. The Morgan fingerprint density at radius 2 is 2.08 bits per heavy atom. The van der Waals surface area contributed by atoms with Crippen LogP contribution in [0.25, 0.3) is 11.2 Å². The van der Waals surface area contributed by atoms with Crippen molar-refractivity contribution in [2.45, 2.75) is 31.8 Å². The molecule has 1 amide bonds. The summed E-state index contributed by atoms with van der Waals surface area (Å²) < 4.78 is 16.0. The number of imidazole rings is 1. The van der Waals surface area contributed by atoms with Crippen molar-refractivity contribution in [3.8, 4) is 0 Å². The molecule has 128 valence electrons. The average Bonchev–Trinajstić information content (AvgIpc) is 3.38. The van der Waals surface area contributed by atoms with Crippen molar-refractivity contribution in [2.75, 3.05) is 0 Å². The van der Waals surface area contributed by atoms with Gasteiger partial charge >= 0.3 is 0 Å². The molecular formula is C19H19FN4O. The molecule has 3 aromatic rings. The summed E-state index contributed by atoms with van der Waals surface area (Å²) in [5.74, 6) is -0.412. The molecule has 25 heavy (non-hydrogen) atoms. The summed E-state index contributed by atoms with van der Waals surface area (Å²) >= 11 is 0. The number of pyridine rings is 1. The minimum absolute atomic E-state index is 0.127. The highest BCUT2D eigenvalue weighted by molar-refractivity contribution is 5.97. The summed E-state index contributed by atoms with van der Waals surface area (Å²) in [4.78, 5) is 23.5. The van der Waals surface area contributed by atoms with Gasteiger partial charge in [0.15, 0.2) is 5.65 Å². The Kier molecular flexibility index (Phi) is 3.75. The highest BCUT2D eigenvalue weighted by Crippen LogP contribution is 2.36. The Balaban J connectivity index is 1.70. The van der Waals surface area contributed by atoms with Crippen LogP contribution in [-0.4, -0.2) is 31.4 Å². The number of amides is 1. The van der Waals surface area contributed by atoms with Gasteiger partial charge in [0.1, 0.15) is 11.3 Å². The number of carbonyl (C=O) groups is 1. The van der Waals surface area contributed by atoms with E-state index in [-0.39, 0.29) is 23.8 Å². The van der Waals surface area contributed by atoms with Gasteiger partial charge in [0.05, 0.1) is 17.9 Å². The number of fused-ring (bicyclic) bond motifs is 1. The first kappa shape index (κ1) is 15.7. The molecule has 0 radical (unpaired) electrons. The second kappa shape index (κ2) is 5.95. The molecule has 1 aliphatic carbocycles. The van der Waals surface area contributed by atoms with Crippen molar-refractivity contribution in [1.29, 1.82) is 0 Å². The normalized spacial score (nSPS) is 15.3. The average molecular weight is 338 g/mol. The zero-order chi connectivity index (χ0) is 17.6. The van der Waals surface area contributed by atoms with Crippen LogP contribution in [0.4, 0.5) is 4.39 Å². The highest BCUT2D eigenvalue weighted by Gasteiger charge is 2.37. The zero-order valence-corrected chi connectivity index (χ0v) is 14.2. The first-order chi connectivity index (χ1) is 12.1. The maximum atomic E-state index is 14.2. The van der Waals surface area contributed by atoms with E-state index in [1.54, 1.807) is 41.7 Å². The van der Waals surface area contributed by atoms with Crippen LogP contribution in [0.5, 0.6) is 0 Å². The Hall–Kier alpha value is -2.76. The van der Waals surface area contributed by atoms with Crippen LogP contribution in [-0.2, 0) is 7.05 Å². The van der Waals surface area contributed by atoms with Crippen molar-refractivity contribution in [2.24, 2.45) is 7.05 Å². The number of hydrogen-bond acceptors (Lipinski definition) is 3. The third-order valence-electron chi connectivity index (χ3n) is 4.75. The summed E-state index contributed by atoms with van der Waals surface area (Å²) in [7, 11) is 1.86. The molecular weight excluding hydrogens is 319 g/mol. The number of halogens is 1. The minimum Gasteiger partial charge on any atom is -0.329 e. The van der Waals surface area contributed by atoms with Gasteiger partial charge in [-0.25, -0.2) is 14.4 Å². The maximum Gasteiger partial charge on any atom is 0.256 e. The van der Waals surface area contributed by atoms with Crippen LogP contribution >= 0.6 is 0 Å². The summed E-state index contributed by atoms with van der Waals surface area (Å²) in [5.41, 5.74) is 2.44. The number of aryl methyl sites for hydroxylation is 1. The van der Waals surface area contributed by atoms with E-state index in [9.17, 15) is 9.18 Å². The summed E-state index contributed by atoms with van der Waals surface area (Å²) in [6, 6.07) is 8.21. The number of rotatable bonds is 4. The lowest BCUT2D eigenvalue weighted by Gasteiger charge is -2.30. The molecule has 2 heterocycles. The van der Waals surface area contributed by atoms with Gasteiger partial charge in [0.25, 0.3) is 5.91 Å². The molecule has 0 saturated heterocycles. The number of carbonyl (C=O) groups excluding carboxylic acids is 1. The van der Waals surface area contributed by atoms with Gasteiger partial charge in [-0.3, -0.25) is 4.79 Å². The van der Waals surface area contributed by atoms with Crippen LogP contribution in [0, 0.1) is 5.82 Å². The van der Waals surface area contributed by atoms with Crippen molar-refractivity contribution in [1.82, 2.24) is 19.4 Å². The standard InChI is InChI=1S/C19H19FN4O/c1-12(15-5-3-4-6-16(15)20)24(14-7-8-14)19(25)13-9-17-18(21-10-13)23(2)11-22-17/h3-6,9-12,14H,7-8H2,1-2H3/t12-/m1/s1. The molecule has 5 nitrogen and oxygen atoms in total. The second-order valence-electron chi connectivity index (χ2n) is 6.56. The van der Waals surface area contributed by atoms with Gasteiger partial charge in [-0.1, -0.05) is 18.2 Å². The molecule has 1 fully saturated rings. The van der Waals surface area contributed by atoms with E-state index < -0.39 is 0 Å². The van der Waals surface area contributed by atoms with Gasteiger partial charge in [0, 0.05) is 24.8 Å². The third-order valence-corrected chi connectivity index (χ3v) is 4.75. The smallest absolute Gasteiger partial charge is 0.256 e. The Morgan fingerprint density at radius 1 is 1.32 bits per heavy atom. The highest BCUT2D eigenvalue weighted by atomic mass is 19.1. The van der Waals surface area contributed by atoms with Crippen LogP contribution in [0.3, 0.4) is 0 Å². The molecule has 1 saturated carbocycles. The van der Waals surface area contributed by atoms with E-state index in [0.717, 1.165) is 18.5 Å². The van der Waals surface area contributed by atoms with E-state index in [1.807, 2.05) is 18.5 Å². The summed E-state index contributed by atoms with van der Waals surface area (Å²) in [6.07, 6.45) is 5.15. The van der Waals surface area contributed by atoms with Crippen molar-refractivity contribution >= 4 is 17.1 Å². The molecule has 1 atom stereocenters. The topological polar surface area (TPSA) is 51.0 Å². The molecule has 4 rings (SSSR count). The molecule has 6 heteroatoms. The first-order valence-electron chi connectivity index (χ1n) is 8.40. The minimum atomic E-state index is -0.333. The van der Waals surface area contributed by atoms with Crippen LogP contribution in [0.2, 0.25) is 0 Å². The van der Waals surface area contributed by atoms with Gasteiger partial charge in [-0.2, -0.15) is 0 Å². The van der Waals surface area contributed by atoms with Crippen molar-refractivity contribution in [3.05, 3.63) is 59.8 Å². The largest absolute Gasteiger partial charge is 0.329 e. The van der Waals surface area contributed by atoms with E-state index in [2.05, 4.69) is 9.97 Å². The molecule has 2 aromatic heterocycles. The van der Waals surface area contributed by atoms with Crippen LogP contribution in [0.1, 0.15) is 41.7 Å². The lowest BCUT2D eigenvalue weighted by atomic mass is 10.0. The monoisotopic (exact) mass is 338 g/mol. The Bertz CT molecular complexity index is 948. The van der Waals surface area contributed by atoms with Crippen LogP contribution in [0.15, 0.2) is 42.9 Å². The zero-order valence-electron chi connectivity index (χ0n) is 14.2. The first-order valence-corrected chi connectivity index (χ1v) is 8.40. The summed E-state index contributed by atoms with van der Waals surface area (Å²) in [5, 5.41) is 0. The molecule has 0 aliphatic heterocycles. The van der Waals surface area contributed by atoms with Crippen LogP contribution < -0.4 is 0 Å². The maximum absolute atomic E-state index is 14.2. The molecule has 1 aromatic carbocycles. The fourth-order valence-corrected chi connectivity index (χ4v) is 3.26. The van der Waals surface area contributed by atoms with E-state index >= 15 is 0 Å². The molecule has 0 bridgehead atoms. The fourth-order valence-electron chi connectivity index (χ4n) is 3.26. The van der Waals surface area contributed by atoms with Gasteiger partial charge in [0.2, 0.25) is 0 Å². The summed E-state index contributed by atoms with van der Waals surface area (Å²) in [6.45, 7) is 1.88. The third kappa shape index (κ3) is 2.77.